The molecule has 0 aromatic heterocycles. The number of aromatic hydroxyl groups is 1. The fourth-order valence-corrected chi connectivity index (χ4v) is 1.03. The third-order valence-corrected chi connectivity index (χ3v) is 1.61. The van der Waals surface area contributed by atoms with E-state index in [1.165, 1.54) is 12.1 Å². The van der Waals surface area contributed by atoms with Gasteiger partial charge in [-0.25, -0.2) is 4.79 Å². The molecule has 2 N–H and O–H groups in total. The van der Waals surface area contributed by atoms with Crippen molar-refractivity contribution in [1.82, 2.24) is 0 Å². The Hall–Kier alpha value is -1.77. The predicted octanol–water partition coefficient (Wildman–Crippen LogP) is 2.12. The highest BCUT2D eigenvalue weighted by Gasteiger charge is 2.08. The van der Waals surface area contributed by atoms with E-state index in [2.05, 4.69) is 0 Å². The molecular weight excluding hydrogens is 168 g/mol. The molecule has 0 saturated carbocycles. The van der Waals surface area contributed by atoms with Gasteiger partial charge in [-0.05, 0) is 24.6 Å². The largest absolute Gasteiger partial charge is 0.507 e. The van der Waals surface area contributed by atoms with E-state index in [9.17, 15) is 9.90 Å². The third-order valence-electron chi connectivity index (χ3n) is 1.61. The van der Waals surface area contributed by atoms with Gasteiger partial charge in [-0.3, -0.25) is 0 Å². The Morgan fingerprint density at radius 1 is 1.46 bits per heavy atom. The van der Waals surface area contributed by atoms with Crippen molar-refractivity contribution in [2.24, 2.45) is 0 Å². The van der Waals surface area contributed by atoms with Gasteiger partial charge < -0.3 is 10.2 Å². The first-order chi connectivity index (χ1) is 6.15. The number of rotatable bonds is 2. The van der Waals surface area contributed by atoms with Crippen LogP contribution in [0.5, 0.6) is 5.75 Å². The smallest absolute Gasteiger partial charge is 0.339 e. The minimum absolute atomic E-state index is 0.0757. The van der Waals surface area contributed by atoms with Crippen LogP contribution in [0.2, 0.25) is 0 Å². The standard InChI is InChI=1S/C10H10O3/c1-2-3-7-4-5-8(10(12)13)9(11)6-7/h2-6,11H,1H3,(H,12,13). The van der Waals surface area contributed by atoms with Gasteiger partial charge in [0.25, 0.3) is 0 Å². The number of carbonyl (C=O) groups is 1. The molecule has 1 rings (SSSR count). The summed E-state index contributed by atoms with van der Waals surface area (Å²) in [5.41, 5.74) is 0.707. The van der Waals surface area contributed by atoms with Crippen LogP contribution in [-0.4, -0.2) is 16.2 Å². The summed E-state index contributed by atoms with van der Waals surface area (Å²) in [7, 11) is 0. The molecule has 1 aromatic carbocycles. The zero-order chi connectivity index (χ0) is 9.84. The summed E-state index contributed by atoms with van der Waals surface area (Å²) in [6, 6.07) is 4.44. The van der Waals surface area contributed by atoms with Gasteiger partial charge in [0.15, 0.2) is 0 Å². The van der Waals surface area contributed by atoms with E-state index in [4.69, 9.17) is 5.11 Å². The highest BCUT2D eigenvalue weighted by molar-refractivity contribution is 5.91. The minimum Gasteiger partial charge on any atom is -0.507 e. The summed E-state index contributed by atoms with van der Waals surface area (Å²) in [4.78, 5) is 10.5. The summed E-state index contributed by atoms with van der Waals surface area (Å²) >= 11 is 0. The lowest BCUT2D eigenvalue weighted by molar-refractivity contribution is 0.0694. The molecule has 0 radical (unpaired) electrons. The van der Waals surface area contributed by atoms with Gasteiger partial charge in [0.05, 0.1) is 0 Å². The van der Waals surface area contributed by atoms with E-state index >= 15 is 0 Å². The number of benzene rings is 1. The van der Waals surface area contributed by atoms with Gasteiger partial charge in [-0.15, -0.1) is 0 Å². The molecule has 0 spiro atoms. The van der Waals surface area contributed by atoms with Gasteiger partial charge in [-0.1, -0.05) is 18.2 Å². The number of phenols is 1. The van der Waals surface area contributed by atoms with Crippen LogP contribution >= 0.6 is 0 Å². The zero-order valence-corrected chi connectivity index (χ0v) is 7.19. The monoisotopic (exact) mass is 178 g/mol. The number of allylic oxidation sites excluding steroid dienone is 1. The van der Waals surface area contributed by atoms with Crippen LogP contribution in [0, 0.1) is 0 Å². The van der Waals surface area contributed by atoms with E-state index in [0.717, 1.165) is 5.56 Å². The predicted molar refractivity (Wildman–Crippen MR) is 49.8 cm³/mol. The summed E-state index contributed by atoms with van der Waals surface area (Å²) in [5.74, 6) is -1.33. The Morgan fingerprint density at radius 3 is 2.62 bits per heavy atom. The fraction of sp³-hybridized carbons (Fsp3) is 0.100. The van der Waals surface area contributed by atoms with E-state index in [0.29, 0.717) is 0 Å². The molecule has 1 aromatic rings. The number of aromatic carboxylic acids is 1. The molecule has 3 heteroatoms. The maximum atomic E-state index is 10.5. The Balaban J connectivity index is 3.12. The van der Waals surface area contributed by atoms with Crippen molar-refractivity contribution in [1.29, 1.82) is 0 Å². The van der Waals surface area contributed by atoms with Crippen LogP contribution in [0.4, 0.5) is 0 Å². The number of hydrogen-bond acceptors (Lipinski definition) is 2. The molecule has 0 saturated heterocycles. The first kappa shape index (κ1) is 9.32. The Kier molecular flexibility index (Phi) is 2.69. The van der Waals surface area contributed by atoms with Crippen LogP contribution in [0.1, 0.15) is 22.8 Å². The van der Waals surface area contributed by atoms with Gasteiger partial charge in [0.1, 0.15) is 11.3 Å². The highest BCUT2D eigenvalue weighted by atomic mass is 16.4. The van der Waals surface area contributed by atoms with Crippen molar-refractivity contribution in [3.63, 3.8) is 0 Å². The second-order valence-electron chi connectivity index (χ2n) is 2.58. The normalized spacial score (nSPS) is 10.5. The summed E-state index contributed by atoms with van der Waals surface area (Å²) in [5, 5.41) is 17.9. The van der Waals surface area contributed by atoms with Crippen LogP contribution in [0.15, 0.2) is 24.3 Å². The topological polar surface area (TPSA) is 57.5 Å². The van der Waals surface area contributed by atoms with Crippen molar-refractivity contribution in [3.05, 3.63) is 35.4 Å². The second-order valence-corrected chi connectivity index (χ2v) is 2.58. The first-order valence-electron chi connectivity index (χ1n) is 3.84. The molecule has 0 fully saturated rings. The number of hydrogen-bond donors (Lipinski definition) is 2. The van der Waals surface area contributed by atoms with Crippen molar-refractivity contribution < 1.29 is 15.0 Å². The summed E-state index contributed by atoms with van der Waals surface area (Å²) < 4.78 is 0. The third kappa shape index (κ3) is 2.08. The second kappa shape index (κ2) is 3.76. The van der Waals surface area contributed by atoms with Gasteiger partial charge in [-0.2, -0.15) is 0 Å². The molecular formula is C10H10O3. The highest BCUT2D eigenvalue weighted by Crippen LogP contribution is 2.19. The Labute approximate surface area is 76.0 Å². The molecule has 68 valence electrons. The van der Waals surface area contributed by atoms with Crippen LogP contribution in [-0.2, 0) is 0 Å². The lowest BCUT2D eigenvalue weighted by Crippen LogP contribution is -1.96. The van der Waals surface area contributed by atoms with Crippen LogP contribution < -0.4 is 0 Å². The van der Waals surface area contributed by atoms with Crippen molar-refractivity contribution in [2.45, 2.75) is 6.92 Å². The van der Waals surface area contributed by atoms with E-state index < -0.39 is 5.97 Å². The first-order valence-corrected chi connectivity index (χ1v) is 3.84. The fourth-order valence-electron chi connectivity index (χ4n) is 1.03. The zero-order valence-electron chi connectivity index (χ0n) is 7.19. The molecule has 0 aliphatic rings. The van der Waals surface area contributed by atoms with E-state index in [1.807, 2.05) is 13.0 Å². The van der Waals surface area contributed by atoms with Gasteiger partial charge in [0.2, 0.25) is 0 Å². The molecule has 3 nitrogen and oxygen atoms in total. The average Bonchev–Trinajstić information content (AvgIpc) is 2.04. The van der Waals surface area contributed by atoms with Crippen LogP contribution in [0.3, 0.4) is 0 Å². The van der Waals surface area contributed by atoms with Gasteiger partial charge in [0, 0.05) is 0 Å². The molecule has 13 heavy (non-hydrogen) atoms. The molecule has 0 heterocycles. The average molecular weight is 178 g/mol. The molecule has 0 aliphatic heterocycles. The van der Waals surface area contributed by atoms with E-state index in [1.54, 1.807) is 12.1 Å². The number of carboxylic acids is 1. The van der Waals surface area contributed by atoms with E-state index in [-0.39, 0.29) is 11.3 Å². The lowest BCUT2D eigenvalue weighted by atomic mass is 10.1. The van der Waals surface area contributed by atoms with Crippen LogP contribution in [0.25, 0.3) is 6.08 Å². The van der Waals surface area contributed by atoms with Crippen molar-refractivity contribution in [2.75, 3.05) is 0 Å². The quantitative estimate of drug-likeness (QED) is 0.729. The summed E-state index contributed by atoms with van der Waals surface area (Å²) in [6.07, 6.45) is 3.60. The maximum Gasteiger partial charge on any atom is 0.339 e. The molecule has 0 unspecified atom stereocenters. The SMILES string of the molecule is CC=Cc1ccc(C(=O)O)c(O)c1. The Morgan fingerprint density at radius 2 is 2.15 bits per heavy atom. The molecule has 0 amide bonds. The molecule has 0 bridgehead atoms. The molecule has 0 aliphatic carbocycles. The Bertz CT molecular complexity index is 353. The van der Waals surface area contributed by atoms with Gasteiger partial charge >= 0.3 is 5.97 Å². The minimum atomic E-state index is -1.12. The maximum absolute atomic E-state index is 10.5. The van der Waals surface area contributed by atoms with Crippen molar-refractivity contribution >= 4 is 12.0 Å². The molecule has 0 atom stereocenters. The summed E-state index contributed by atoms with van der Waals surface area (Å²) in [6.45, 7) is 1.85. The number of carboxylic acid groups (broad SMARTS) is 1. The lowest BCUT2D eigenvalue weighted by Gasteiger charge is -1.99. The van der Waals surface area contributed by atoms with Crippen molar-refractivity contribution in [3.8, 4) is 5.75 Å².